The number of hydrogen-bond donors (Lipinski definition) is 1. The van der Waals surface area contributed by atoms with Crippen LogP contribution in [-0.4, -0.2) is 0 Å². The third-order valence-corrected chi connectivity index (χ3v) is 3.62. The average Bonchev–Trinajstić information content (AvgIpc) is 2.31. The molecule has 0 aliphatic carbocycles. The molecule has 0 aliphatic rings. The second-order valence-corrected chi connectivity index (χ2v) is 5.88. The molecule has 0 amide bonds. The third kappa shape index (κ3) is 3.64. The highest BCUT2D eigenvalue weighted by molar-refractivity contribution is 9.10. The first-order valence-corrected chi connectivity index (χ1v) is 7.02. The lowest BCUT2D eigenvalue weighted by Crippen LogP contribution is -2.14. The standard InChI is InChI=1S/C16H17BrFN/c1-10-5-11(2)7-13(6-10)16(19)8-12-3-4-14(17)9-15(12)18/h3-7,9,16H,8,19H2,1-2H3. The summed E-state index contributed by atoms with van der Waals surface area (Å²) in [6, 6.07) is 11.1. The molecule has 0 spiro atoms. The fourth-order valence-electron chi connectivity index (χ4n) is 2.27. The van der Waals surface area contributed by atoms with Crippen LogP contribution in [0.1, 0.15) is 28.3 Å². The van der Waals surface area contributed by atoms with E-state index >= 15 is 0 Å². The Morgan fingerprint density at radius 3 is 2.32 bits per heavy atom. The van der Waals surface area contributed by atoms with Gasteiger partial charge in [0, 0.05) is 10.5 Å². The number of halogens is 2. The van der Waals surface area contributed by atoms with E-state index < -0.39 is 0 Å². The number of nitrogens with two attached hydrogens (primary N) is 1. The Labute approximate surface area is 121 Å². The lowest BCUT2D eigenvalue weighted by Gasteiger charge is -2.14. The van der Waals surface area contributed by atoms with Crippen LogP contribution in [0.4, 0.5) is 4.39 Å². The maximum absolute atomic E-state index is 13.8. The van der Waals surface area contributed by atoms with Crippen molar-refractivity contribution >= 4 is 15.9 Å². The Bertz CT molecular complexity index is 575. The van der Waals surface area contributed by atoms with Crippen LogP contribution in [0.25, 0.3) is 0 Å². The van der Waals surface area contributed by atoms with Gasteiger partial charge in [0.05, 0.1) is 0 Å². The molecular weight excluding hydrogens is 305 g/mol. The largest absolute Gasteiger partial charge is 0.324 e. The van der Waals surface area contributed by atoms with Gasteiger partial charge >= 0.3 is 0 Å². The first-order chi connectivity index (χ1) is 8.95. The molecule has 0 radical (unpaired) electrons. The molecule has 1 atom stereocenters. The van der Waals surface area contributed by atoms with Gasteiger partial charge in [-0.3, -0.25) is 0 Å². The minimum atomic E-state index is -0.214. The highest BCUT2D eigenvalue weighted by Crippen LogP contribution is 2.22. The summed E-state index contributed by atoms with van der Waals surface area (Å²) in [5.74, 6) is -0.214. The maximum atomic E-state index is 13.8. The van der Waals surface area contributed by atoms with E-state index in [-0.39, 0.29) is 11.9 Å². The summed E-state index contributed by atoms with van der Waals surface area (Å²) in [6.07, 6.45) is 0.502. The van der Waals surface area contributed by atoms with Gasteiger partial charge in [0.1, 0.15) is 5.82 Å². The highest BCUT2D eigenvalue weighted by Gasteiger charge is 2.11. The molecule has 3 heteroatoms. The van der Waals surface area contributed by atoms with Gasteiger partial charge in [-0.15, -0.1) is 0 Å². The van der Waals surface area contributed by atoms with E-state index in [1.807, 2.05) is 19.9 Å². The summed E-state index contributed by atoms with van der Waals surface area (Å²) < 4.78 is 14.5. The molecule has 0 heterocycles. The number of aryl methyl sites for hydroxylation is 2. The number of hydrogen-bond acceptors (Lipinski definition) is 1. The predicted octanol–water partition coefficient (Wildman–Crippen LogP) is 4.45. The summed E-state index contributed by atoms with van der Waals surface area (Å²) in [5, 5.41) is 0. The van der Waals surface area contributed by atoms with Crippen molar-refractivity contribution in [1.82, 2.24) is 0 Å². The Morgan fingerprint density at radius 2 is 1.74 bits per heavy atom. The molecule has 19 heavy (non-hydrogen) atoms. The molecule has 2 aromatic rings. The maximum Gasteiger partial charge on any atom is 0.127 e. The van der Waals surface area contributed by atoms with Crippen molar-refractivity contribution < 1.29 is 4.39 Å². The van der Waals surface area contributed by atoms with Crippen LogP contribution < -0.4 is 5.73 Å². The highest BCUT2D eigenvalue weighted by atomic mass is 79.9. The fraction of sp³-hybridized carbons (Fsp3) is 0.250. The molecule has 0 saturated carbocycles. The van der Waals surface area contributed by atoms with Crippen molar-refractivity contribution in [3.05, 3.63) is 68.9 Å². The van der Waals surface area contributed by atoms with E-state index in [4.69, 9.17) is 5.73 Å². The van der Waals surface area contributed by atoms with Crippen molar-refractivity contribution in [3.8, 4) is 0 Å². The molecule has 0 aliphatic heterocycles. The van der Waals surface area contributed by atoms with Crippen LogP contribution in [0, 0.1) is 19.7 Å². The normalized spacial score (nSPS) is 12.5. The zero-order valence-electron chi connectivity index (χ0n) is 11.1. The number of benzene rings is 2. The molecule has 1 unspecified atom stereocenters. The molecule has 2 aromatic carbocycles. The quantitative estimate of drug-likeness (QED) is 0.888. The van der Waals surface area contributed by atoms with Gasteiger partial charge in [-0.05, 0) is 43.5 Å². The smallest absolute Gasteiger partial charge is 0.127 e. The minimum Gasteiger partial charge on any atom is -0.324 e. The topological polar surface area (TPSA) is 26.0 Å². The molecule has 0 fully saturated rings. The molecular formula is C16H17BrFN. The van der Waals surface area contributed by atoms with Crippen molar-refractivity contribution in [3.63, 3.8) is 0 Å². The van der Waals surface area contributed by atoms with E-state index in [0.717, 1.165) is 10.0 Å². The van der Waals surface area contributed by atoms with Crippen molar-refractivity contribution in [1.29, 1.82) is 0 Å². The summed E-state index contributed by atoms with van der Waals surface area (Å²) in [5.41, 5.74) is 10.3. The summed E-state index contributed by atoms with van der Waals surface area (Å²) in [7, 11) is 0. The third-order valence-electron chi connectivity index (χ3n) is 3.13. The van der Waals surface area contributed by atoms with Gasteiger partial charge in [-0.2, -0.15) is 0 Å². The molecule has 1 nitrogen and oxygen atoms in total. The van der Waals surface area contributed by atoms with Crippen molar-refractivity contribution in [2.45, 2.75) is 26.3 Å². The second-order valence-electron chi connectivity index (χ2n) is 4.97. The zero-order chi connectivity index (χ0) is 14.0. The minimum absolute atomic E-state index is 0.186. The van der Waals surface area contributed by atoms with Crippen LogP contribution in [-0.2, 0) is 6.42 Å². The van der Waals surface area contributed by atoms with Crippen molar-refractivity contribution in [2.24, 2.45) is 5.73 Å². The first kappa shape index (κ1) is 14.2. The van der Waals surface area contributed by atoms with Crippen LogP contribution in [0.2, 0.25) is 0 Å². The molecule has 2 rings (SSSR count). The number of rotatable bonds is 3. The SMILES string of the molecule is Cc1cc(C)cc(C(N)Cc2ccc(Br)cc2F)c1. The van der Waals surface area contributed by atoms with Gasteiger partial charge in [-0.1, -0.05) is 51.3 Å². The van der Waals surface area contributed by atoms with Gasteiger partial charge < -0.3 is 5.73 Å². The Morgan fingerprint density at radius 1 is 1.11 bits per heavy atom. The first-order valence-electron chi connectivity index (χ1n) is 6.23. The van der Waals surface area contributed by atoms with E-state index in [9.17, 15) is 4.39 Å². The lowest BCUT2D eigenvalue weighted by atomic mass is 9.96. The Balaban J connectivity index is 2.22. The van der Waals surface area contributed by atoms with Gasteiger partial charge in [-0.25, -0.2) is 4.39 Å². The molecule has 0 bridgehead atoms. The summed E-state index contributed by atoms with van der Waals surface area (Å²) >= 11 is 3.26. The van der Waals surface area contributed by atoms with E-state index in [2.05, 4.69) is 34.1 Å². The van der Waals surface area contributed by atoms with Crippen LogP contribution in [0.15, 0.2) is 40.9 Å². The fourth-order valence-corrected chi connectivity index (χ4v) is 2.60. The monoisotopic (exact) mass is 321 g/mol. The van der Waals surface area contributed by atoms with E-state index in [1.54, 1.807) is 6.07 Å². The average molecular weight is 322 g/mol. The Hall–Kier alpha value is -1.19. The summed E-state index contributed by atoms with van der Waals surface area (Å²) in [6.45, 7) is 4.09. The summed E-state index contributed by atoms with van der Waals surface area (Å²) in [4.78, 5) is 0. The van der Waals surface area contributed by atoms with Crippen LogP contribution in [0.5, 0.6) is 0 Å². The zero-order valence-corrected chi connectivity index (χ0v) is 12.7. The second kappa shape index (κ2) is 5.85. The Kier molecular flexibility index (Phi) is 4.38. The molecule has 0 aromatic heterocycles. The van der Waals surface area contributed by atoms with Crippen LogP contribution in [0.3, 0.4) is 0 Å². The molecule has 100 valence electrons. The molecule has 0 saturated heterocycles. The molecule has 2 N–H and O–H groups in total. The lowest BCUT2D eigenvalue weighted by molar-refractivity contribution is 0.592. The predicted molar refractivity (Wildman–Crippen MR) is 80.6 cm³/mol. The van der Waals surface area contributed by atoms with Crippen molar-refractivity contribution in [2.75, 3.05) is 0 Å². The van der Waals surface area contributed by atoms with Crippen LogP contribution >= 0.6 is 15.9 Å². The van der Waals surface area contributed by atoms with E-state index in [0.29, 0.717) is 12.0 Å². The van der Waals surface area contributed by atoms with Gasteiger partial charge in [0.25, 0.3) is 0 Å². The van der Waals surface area contributed by atoms with Gasteiger partial charge in [0.2, 0.25) is 0 Å². The van der Waals surface area contributed by atoms with E-state index in [1.165, 1.54) is 17.2 Å². The van der Waals surface area contributed by atoms with Gasteiger partial charge in [0.15, 0.2) is 0 Å².